The number of hydrogen-bond acceptors (Lipinski definition) is 4. The van der Waals surface area contributed by atoms with Gasteiger partial charge < -0.3 is 20.4 Å². The molecule has 0 saturated heterocycles. The smallest absolute Gasteiger partial charge is 0.243 e. The minimum Gasteiger partial charge on any atom is -0.372 e. The first-order chi connectivity index (χ1) is 13.6. The third-order valence-corrected chi connectivity index (χ3v) is 5.16. The van der Waals surface area contributed by atoms with E-state index in [1.54, 1.807) is 30.3 Å². The lowest BCUT2D eigenvalue weighted by molar-refractivity contribution is -0.127. The van der Waals surface area contributed by atoms with Crippen LogP contribution < -0.4 is 15.5 Å². The molecule has 0 spiro atoms. The van der Waals surface area contributed by atoms with Crippen LogP contribution >= 0.6 is 35.3 Å². The molecule has 160 valence electrons. The molecule has 0 radical (unpaired) electrons. The highest BCUT2D eigenvalue weighted by Gasteiger charge is 2.06. The Kier molecular flexibility index (Phi) is 12.4. The van der Waals surface area contributed by atoms with Gasteiger partial charge in [-0.25, -0.2) is 4.99 Å². The lowest BCUT2D eigenvalue weighted by Crippen LogP contribution is -2.39. The van der Waals surface area contributed by atoms with E-state index in [9.17, 15) is 4.79 Å². The lowest BCUT2D eigenvalue weighted by atomic mass is 10.2. The second-order valence-corrected chi connectivity index (χ2v) is 7.61. The molecule has 0 saturated carbocycles. The largest absolute Gasteiger partial charge is 0.372 e. The zero-order chi connectivity index (χ0) is 20.2. The van der Waals surface area contributed by atoms with E-state index >= 15 is 0 Å². The van der Waals surface area contributed by atoms with Crippen LogP contribution in [0, 0.1) is 0 Å². The molecule has 0 aliphatic heterocycles. The molecule has 1 aromatic carbocycles. The summed E-state index contributed by atoms with van der Waals surface area (Å²) in [6, 6.07) is 14.6. The first-order valence-electron chi connectivity index (χ1n) is 9.65. The summed E-state index contributed by atoms with van der Waals surface area (Å²) in [5.41, 5.74) is 1.24. The Morgan fingerprint density at radius 1 is 1.10 bits per heavy atom. The van der Waals surface area contributed by atoms with Gasteiger partial charge in [-0.3, -0.25) is 4.79 Å². The van der Waals surface area contributed by atoms with Crippen LogP contribution in [0.25, 0.3) is 0 Å². The molecule has 2 N–H and O–H groups in total. The van der Waals surface area contributed by atoms with E-state index in [-0.39, 0.29) is 36.4 Å². The number of nitrogens with one attached hydrogen (secondary N) is 2. The molecule has 0 aliphatic rings. The number of guanidine groups is 1. The second-order valence-electron chi connectivity index (χ2n) is 6.58. The summed E-state index contributed by atoms with van der Waals surface area (Å²) >= 11 is 1.70. The van der Waals surface area contributed by atoms with Crippen LogP contribution in [0.4, 0.5) is 5.69 Å². The normalized spacial score (nSPS) is 10.8. The fourth-order valence-electron chi connectivity index (χ4n) is 2.63. The summed E-state index contributed by atoms with van der Waals surface area (Å²) < 4.78 is 0. The van der Waals surface area contributed by atoms with Gasteiger partial charge >= 0.3 is 0 Å². The quantitative estimate of drug-likeness (QED) is 0.215. The number of nitrogens with zero attached hydrogens (tertiary/aromatic N) is 3. The van der Waals surface area contributed by atoms with Crippen molar-refractivity contribution in [2.45, 2.75) is 19.9 Å². The number of rotatable bonds is 10. The fourth-order valence-corrected chi connectivity index (χ4v) is 3.28. The zero-order valence-electron chi connectivity index (χ0n) is 17.4. The number of amides is 1. The molecule has 6 nitrogen and oxygen atoms in total. The van der Waals surface area contributed by atoms with Crippen molar-refractivity contribution in [3.63, 3.8) is 0 Å². The number of halogens is 1. The number of para-hydroxylation sites is 1. The van der Waals surface area contributed by atoms with E-state index < -0.39 is 0 Å². The van der Waals surface area contributed by atoms with Gasteiger partial charge in [0.1, 0.15) is 6.54 Å². The van der Waals surface area contributed by atoms with Crippen molar-refractivity contribution >= 4 is 52.9 Å². The Balaban J connectivity index is 0.00000420. The van der Waals surface area contributed by atoms with Crippen LogP contribution in [0.5, 0.6) is 0 Å². The number of benzene rings is 1. The van der Waals surface area contributed by atoms with Gasteiger partial charge in [0.25, 0.3) is 0 Å². The number of hydrogen-bond donors (Lipinski definition) is 2. The minimum atomic E-state index is -0.0153. The Hall–Kier alpha value is -1.81. The predicted molar refractivity (Wildman–Crippen MR) is 135 cm³/mol. The maximum absolute atomic E-state index is 11.9. The molecule has 1 aromatic heterocycles. The van der Waals surface area contributed by atoms with Crippen LogP contribution in [0.3, 0.4) is 0 Å². The van der Waals surface area contributed by atoms with E-state index in [0.29, 0.717) is 12.5 Å². The van der Waals surface area contributed by atoms with Crippen LogP contribution in [0.15, 0.2) is 52.8 Å². The van der Waals surface area contributed by atoms with Gasteiger partial charge in [0.15, 0.2) is 5.96 Å². The Labute approximate surface area is 195 Å². The minimum absolute atomic E-state index is 0. The van der Waals surface area contributed by atoms with E-state index in [4.69, 9.17) is 0 Å². The van der Waals surface area contributed by atoms with E-state index in [2.05, 4.69) is 63.2 Å². The number of aliphatic imine (C=N–C) groups is 1. The summed E-state index contributed by atoms with van der Waals surface area (Å²) in [5.74, 6) is 0.657. The SMILES string of the molecule is CCN(CCCNC(=NCC(=O)N(C)C)NCc1cccs1)c1ccccc1.I. The summed E-state index contributed by atoms with van der Waals surface area (Å²) in [6.45, 7) is 5.72. The Morgan fingerprint density at radius 2 is 1.86 bits per heavy atom. The van der Waals surface area contributed by atoms with Crippen molar-refractivity contribution < 1.29 is 4.79 Å². The topological polar surface area (TPSA) is 60.0 Å². The monoisotopic (exact) mass is 529 g/mol. The van der Waals surface area contributed by atoms with Gasteiger partial charge in [-0.15, -0.1) is 35.3 Å². The molecule has 1 amide bonds. The van der Waals surface area contributed by atoms with Crippen LogP contribution in [-0.4, -0.2) is 57.0 Å². The highest BCUT2D eigenvalue weighted by Crippen LogP contribution is 2.12. The van der Waals surface area contributed by atoms with Gasteiger partial charge in [0, 0.05) is 44.3 Å². The molecule has 0 atom stereocenters. The van der Waals surface area contributed by atoms with Crippen molar-refractivity contribution in [1.29, 1.82) is 0 Å². The highest BCUT2D eigenvalue weighted by atomic mass is 127. The number of likely N-dealkylation sites (N-methyl/N-ethyl adjacent to an activating group) is 1. The first-order valence-corrected chi connectivity index (χ1v) is 10.5. The van der Waals surface area contributed by atoms with Gasteiger partial charge in [0.05, 0.1) is 6.54 Å². The fraction of sp³-hybridized carbons (Fsp3) is 0.429. The van der Waals surface area contributed by atoms with Crippen LogP contribution in [-0.2, 0) is 11.3 Å². The van der Waals surface area contributed by atoms with Crippen molar-refractivity contribution in [3.8, 4) is 0 Å². The predicted octanol–water partition coefficient (Wildman–Crippen LogP) is 3.41. The summed E-state index contributed by atoms with van der Waals surface area (Å²) in [4.78, 5) is 21.4. The van der Waals surface area contributed by atoms with Crippen molar-refractivity contribution in [2.75, 3.05) is 45.2 Å². The number of carbonyl (C=O) groups excluding carboxylic acids is 1. The van der Waals surface area contributed by atoms with Crippen molar-refractivity contribution in [2.24, 2.45) is 4.99 Å². The van der Waals surface area contributed by atoms with E-state index in [1.807, 2.05) is 12.1 Å². The molecule has 0 unspecified atom stereocenters. The number of thiophene rings is 1. The zero-order valence-corrected chi connectivity index (χ0v) is 20.6. The molecule has 0 aliphatic carbocycles. The molecule has 2 aromatic rings. The third-order valence-electron chi connectivity index (χ3n) is 4.28. The molecule has 2 rings (SSSR count). The Bertz CT molecular complexity index is 722. The standard InChI is InChI=1S/C21H31N5OS.HI/c1-4-26(18-10-6-5-7-11-18)14-9-13-22-21(24-17-20(27)25(2)3)23-16-19-12-8-15-28-19;/h5-8,10-12,15H,4,9,13-14,16-17H2,1-3H3,(H2,22,23,24);1H. The molecular formula is C21H32IN5OS. The lowest BCUT2D eigenvalue weighted by Gasteiger charge is -2.23. The summed E-state index contributed by atoms with van der Waals surface area (Å²) in [7, 11) is 3.49. The maximum atomic E-state index is 11.9. The summed E-state index contributed by atoms with van der Waals surface area (Å²) in [6.07, 6.45) is 0.976. The molecule has 1 heterocycles. The Morgan fingerprint density at radius 3 is 2.48 bits per heavy atom. The third kappa shape index (κ3) is 9.49. The van der Waals surface area contributed by atoms with Crippen LogP contribution in [0.2, 0.25) is 0 Å². The average Bonchev–Trinajstić information content (AvgIpc) is 3.23. The molecule has 8 heteroatoms. The van der Waals surface area contributed by atoms with Gasteiger partial charge in [0.2, 0.25) is 5.91 Å². The van der Waals surface area contributed by atoms with Crippen molar-refractivity contribution in [1.82, 2.24) is 15.5 Å². The molecule has 0 bridgehead atoms. The van der Waals surface area contributed by atoms with Crippen molar-refractivity contribution in [3.05, 3.63) is 52.7 Å². The molecule has 29 heavy (non-hydrogen) atoms. The van der Waals surface area contributed by atoms with Gasteiger partial charge in [-0.2, -0.15) is 0 Å². The molecular weight excluding hydrogens is 497 g/mol. The van der Waals surface area contributed by atoms with E-state index in [0.717, 1.165) is 26.1 Å². The van der Waals surface area contributed by atoms with Crippen LogP contribution in [0.1, 0.15) is 18.2 Å². The average molecular weight is 529 g/mol. The maximum Gasteiger partial charge on any atom is 0.243 e. The van der Waals surface area contributed by atoms with E-state index in [1.165, 1.54) is 10.6 Å². The highest BCUT2D eigenvalue weighted by molar-refractivity contribution is 14.0. The first kappa shape index (κ1) is 25.2. The van der Waals surface area contributed by atoms with Gasteiger partial charge in [-0.1, -0.05) is 24.3 Å². The summed E-state index contributed by atoms with van der Waals surface area (Å²) in [5, 5.41) is 8.72. The van der Waals surface area contributed by atoms with Gasteiger partial charge in [-0.05, 0) is 36.9 Å². The second kappa shape index (κ2) is 14.2. The number of carbonyl (C=O) groups is 1. The number of anilines is 1. The molecule has 0 fully saturated rings.